The Morgan fingerprint density at radius 3 is 2.39 bits per heavy atom. The second-order valence-electron chi connectivity index (χ2n) is 5.08. The molecule has 0 spiro atoms. The van der Waals surface area contributed by atoms with Gasteiger partial charge in [-0.25, -0.2) is 4.79 Å². The molecule has 0 fully saturated rings. The molecule has 0 aliphatic rings. The third-order valence-electron chi connectivity index (χ3n) is 2.19. The molecular weight excluding hydrogens is 302 g/mol. The van der Waals surface area contributed by atoms with Crippen LogP contribution in [0.1, 0.15) is 13.8 Å². The van der Waals surface area contributed by atoms with Crippen molar-refractivity contribution in [2.24, 2.45) is 0 Å². The zero-order valence-electron chi connectivity index (χ0n) is 11.4. The van der Waals surface area contributed by atoms with Crippen molar-refractivity contribution in [2.75, 3.05) is 33.8 Å². The van der Waals surface area contributed by atoms with Gasteiger partial charge in [0.15, 0.2) is 6.54 Å². The van der Waals surface area contributed by atoms with Crippen LogP contribution in [0.4, 0.5) is 0 Å². The molecule has 0 N–H and O–H groups in total. The van der Waals surface area contributed by atoms with Gasteiger partial charge < -0.3 is 14.0 Å². The zero-order chi connectivity index (χ0) is 14.4. The molecule has 0 amide bonds. The van der Waals surface area contributed by atoms with Crippen LogP contribution in [0.15, 0.2) is 12.8 Å². The van der Waals surface area contributed by atoms with Crippen LogP contribution in [0.5, 0.6) is 0 Å². The minimum Gasteiger partial charge on any atom is -0.459 e. The summed E-state index contributed by atoms with van der Waals surface area (Å²) in [6.07, 6.45) is 1.11. The number of halogens is 1. The van der Waals surface area contributed by atoms with Gasteiger partial charge in [0, 0.05) is 0 Å². The van der Waals surface area contributed by atoms with Gasteiger partial charge in [0.2, 0.25) is 0 Å². The summed E-state index contributed by atoms with van der Waals surface area (Å²) < 4.78 is 9.45. The number of quaternary nitrogens is 1. The Morgan fingerprint density at radius 1 is 1.39 bits per heavy atom. The molecule has 0 aliphatic carbocycles. The molecule has 0 aromatic carbocycles. The van der Waals surface area contributed by atoms with Crippen molar-refractivity contribution in [2.45, 2.75) is 18.2 Å². The van der Waals surface area contributed by atoms with E-state index < -0.39 is 4.32 Å². The summed E-state index contributed by atoms with van der Waals surface area (Å²) in [4.78, 5) is 22.8. The predicted molar refractivity (Wildman–Crippen MR) is 72.1 cm³/mol. The van der Waals surface area contributed by atoms with Crippen molar-refractivity contribution in [1.82, 2.24) is 0 Å². The molecule has 0 heterocycles. The second-order valence-corrected chi connectivity index (χ2v) is 7.06. The van der Waals surface area contributed by atoms with Crippen molar-refractivity contribution >= 4 is 27.9 Å². The maximum atomic E-state index is 11.5. The summed E-state index contributed by atoms with van der Waals surface area (Å²) in [5.41, 5.74) is 0. The number of carbonyl (C=O) groups excluding carboxylic acids is 2. The fourth-order valence-electron chi connectivity index (χ4n) is 1.12. The molecule has 0 saturated carbocycles. The lowest BCUT2D eigenvalue weighted by atomic mass is 10.2. The third-order valence-corrected chi connectivity index (χ3v) is 2.51. The Kier molecular flexibility index (Phi) is 6.56. The fourth-order valence-corrected chi connectivity index (χ4v) is 1.23. The van der Waals surface area contributed by atoms with E-state index in [1.165, 1.54) is 0 Å². The summed E-state index contributed by atoms with van der Waals surface area (Å²) in [5, 5.41) is 0. The van der Waals surface area contributed by atoms with E-state index in [1.54, 1.807) is 13.8 Å². The molecule has 0 aromatic rings. The Bertz CT molecular complexity index is 321. The predicted octanol–water partition coefficient (Wildman–Crippen LogP) is 1.47. The van der Waals surface area contributed by atoms with Crippen LogP contribution >= 0.6 is 15.9 Å². The highest BCUT2D eigenvalue weighted by Gasteiger charge is 2.27. The van der Waals surface area contributed by atoms with Crippen LogP contribution in [-0.4, -0.2) is 54.5 Å². The van der Waals surface area contributed by atoms with Crippen LogP contribution in [0.3, 0.4) is 0 Å². The number of nitrogens with zero attached hydrogens (tertiary/aromatic N) is 1. The smallest absolute Gasteiger partial charge is 0.366 e. The van der Waals surface area contributed by atoms with E-state index in [1.807, 2.05) is 14.1 Å². The zero-order valence-corrected chi connectivity index (χ0v) is 12.9. The van der Waals surface area contributed by atoms with E-state index in [9.17, 15) is 9.59 Å². The van der Waals surface area contributed by atoms with Gasteiger partial charge >= 0.3 is 11.9 Å². The summed E-state index contributed by atoms with van der Waals surface area (Å²) in [6, 6.07) is 0. The number of likely N-dealkylation sites (N-methyl/N-ethyl adjacent to an activating group) is 1. The lowest BCUT2D eigenvalue weighted by Crippen LogP contribution is -2.46. The minimum absolute atomic E-state index is 0.196. The molecule has 0 aromatic heterocycles. The molecule has 0 saturated heterocycles. The van der Waals surface area contributed by atoms with Crippen molar-refractivity contribution < 1.29 is 23.5 Å². The van der Waals surface area contributed by atoms with Gasteiger partial charge in [-0.05, 0) is 13.8 Å². The van der Waals surface area contributed by atoms with E-state index in [0.29, 0.717) is 11.0 Å². The molecule has 18 heavy (non-hydrogen) atoms. The Hall–Kier alpha value is -0.880. The van der Waals surface area contributed by atoms with E-state index >= 15 is 0 Å². The van der Waals surface area contributed by atoms with E-state index in [2.05, 4.69) is 27.2 Å². The molecule has 5 nitrogen and oxygen atoms in total. The maximum absolute atomic E-state index is 11.5. The molecule has 0 unspecified atom stereocenters. The quantitative estimate of drug-likeness (QED) is 0.308. The van der Waals surface area contributed by atoms with Gasteiger partial charge in [-0.2, -0.15) is 0 Å². The number of alkyl halides is 1. The van der Waals surface area contributed by atoms with Gasteiger partial charge in [0.1, 0.15) is 17.5 Å². The Labute approximate surface area is 116 Å². The van der Waals surface area contributed by atoms with Gasteiger partial charge in [0.05, 0.1) is 20.4 Å². The number of esters is 2. The van der Waals surface area contributed by atoms with Crippen molar-refractivity contribution in [1.29, 1.82) is 0 Å². The van der Waals surface area contributed by atoms with Crippen LogP contribution in [0.25, 0.3) is 0 Å². The first kappa shape index (κ1) is 17.1. The molecule has 0 radical (unpaired) electrons. The van der Waals surface area contributed by atoms with E-state index in [0.717, 1.165) is 6.26 Å². The first-order valence-electron chi connectivity index (χ1n) is 5.57. The Morgan fingerprint density at radius 2 is 1.94 bits per heavy atom. The molecular formula is C12H21BrNO4+. The summed E-state index contributed by atoms with van der Waals surface area (Å²) >= 11 is 3.22. The normalized spacial score (nSPS) is 11.8. The number of hydrogen-bond acceptors (Lipinski definition) is 4. The lowest BCUT2D eigenvalue weighted by Gasteiger charge is -2.28. The minimum atomic E-state index is -0.689. The first-order valence-corrected chi connectivity index (χ1v) is 6.36. The van der Waals surface area contributed by atoms with Crippen molar-refractivity contribution in [3.8, 4) is 0 Å². The highest BCUT2D eigenvalue weighted by molar-refractivity contribution is 9.10. The largest absolute Gasteiger partial charge is 0.459 e. The van der Waals surface area contributed by atoms with Crippen molar-refractivity contribution in [3.63, 3.8) is 0 Å². The first-order chi connectivity index (χ1) is 8.08. The molecule has 6 heteroatoms. The van der Waals surface area contributed by atoms with Gasteiger partial charge in [-0.15, -0.1) is 0 Å². The van der Waals surface area contributed by atoms with Crippen LogP contribution in [-0.2, 0) is 19.1 Å². The lowest BCUT2D eigenvalue weighted by molar-refractivity contribution is -0.883. The van der Waals surface area contributed by atoms with Crippen molar-refractivity contribution in [3.05, 3.63) is 12.8 Å². The SMILES string of the molecule is C=COC(=O)C[N+](C)(C)CCOC(=O)C(C)(C)Br. The summed E-state index contributed by atoms with van der Waals surface area (Å²) in [7, 11) is 3.72. The number of carbonyl (C=O) groups is 2. The molecule has 0 rings (SSSR count). The van der Waals surface area contributed by atoms with Gasteiger partial charge in [-0.3, -0.25) is 4.79 Å². The summed E-state index contributed by atoms with van der Waals surface area (Å²) in [5.74, 6) is -0.682. The van der Waals surface area contributed by atoms with Crippen LogP contribution < -0.4 is 0 Å². The maximum Gasteiger partial charge on any atom is 0.366 e. The average Bonchev–Trinajstić information content (AvgIpc) is 2.14. The third kappa shape index (κ3) is 7.45. The van der Waals surface area contributed by atoms with E-state index in [-0.39, 0.29) is 25.1 Å². The Balaban J connectivity index is 4.08. The molecule has 0 bridgehead atoms. The standard InChI is InChI=1S/C12H21BrNO4/c1-6-17-10(15)9-14(4,5)7-8-18-11(16)12(2,3)13/h6H,1,7-9H2,2-5H3/q+1. The highest BCUT2D eigenvalue weighted by Crippen LogP contribution is 2.17. The van der Waals surface area contributed by atoms with Gasteiger partial charge in [-0.1, -0.05) is 22.5 Å². The van der Waals surface area contributed by atoms with E-state index in [4.69, 9.17) is 4.74 Å². The summed E-state index contributed by atoms with van der Waals surface area (Å²) in [6.45, 7) is 7.73. The number of hydrogen-bond donors (Lipinski definition) is 0. The van der Waals surface area contributed by atoms with Crippen LogP contribution in [0.2, 0.25) is 0 Å². The van der Waals surface area contributed by atoms with Gasteiger partial charge in [0.25, 0.3) is 0 Å². The molecule has 0 atom stereocenters. The monoisotopic (exact) mass is 322 g/mol. The molecule has 104 valence electrons. The second kappa shape index (κ2) is 6.89. The number of ether oxygens (including phenoxy) is 2. The average molecular weight is 323 g/mol. The molecule has 0 aliphatic heterocycles. The topological polar surface area (TPSA) is 52.6 Å². The fraction of sp³-hybridized carbons (Fsp3) is 0.667. The van der Waals surface area contributed by atoms with Crippen LogP contribution in [0, 0.1) is 0 Å². The number of rotatable bonds is 7. The highest BCUT2D eigenvalue weighted by atomic mass is 79.9.